The van der Waals surface area contributed by atoms with Crippen LogP contribution in [-0.2, 0) is 4.79 Å². The summed E-state index contributed by atoms with van der Waals surface area (Å²) < 4.78 is 16.2. The predicted octanol–water partition coefficient (Wildman–Crippen LogP) is 3.39. The van der Waals surface area contributed by atoms with Gasteiger partial charge in [-0.15, -0.1) is 10.2 Å². The van der Waals surface area contributed by atoms with Crippen molar-refractivity contribution >= 4 is 5.91 Å². The number of carbonyl (C=O) groups is 1. The summed E-state index contributed by atoms with van der Waals surface area (Å²) in [6.07, 6.45) is 3.48. The van der Waals surface area contributed by atoms with E-state index < -0.39 is 0 Å². The maximum atomic E-state index is 12.5. The van der Waals surface area contributed by atoms with Gasteiger partial charge in [-0.2, -0.15) is 0 Å². The number of rotatable bonds is 8. The molecule has 7 nitrogen and oxygen atoms in total. The van der Waals surface area contributed by atoms with Crippen molar-refractivity contribution in [2.45, 2.75) is 18.9 Å². The van der Waals surface area contributed by atoms with Crippen molar-refractivity contribution in [3.8, 4) is 23.0 Å². The van der Waals surface area contributed by atoms with Gasteiger partial charge in [0.25, 0.3) is 11.8 Å². The molecule has 1 amide bonds. The molecule has 28 heavy (non-hydrogen) atoms. The zero-order valence-electron chi connectivity index (χ0n) is 15.5. The van der Waals surface area contributed by atoms with E-state index in [1.165, 1.54) is 6.39 Å². The topological polar surface area (TPSA) is 86.5 Å². The molecule has 7 heteroatoms. The number of nitrogens with zero attached hydrogens (tertiary/aromatic N) is 2. The summed E-state index contributed by atoms with van der Waals surface area (Å²) in [5.41, 5.74) is 1.73. The van der Waals surface area contributed by atoms with Gasteiger partial charge in [0.1, 0.15) is 11.5 Å². The van der Waals surface area contributed by atoms with Gasteiger partial charge in [0.2, 0.25) is 6.39 Å². The van der Waals surface area contributed by atoms with Crippen molar-refractivity contribution in [3.63, 3.8) is 0 Å². The number of benzene rings is 2. The second-order valence-corrected chi connectivity index (χ2v) is 6.68. The number of carbonyl (C=O) groups excluding carboxylic acids is 1. The van der Waals surface area contributed by atoms with E-state index in [1.54, 1.807) is 13.2 Å². The van der Waals surface area contributed by atoms with Gasteiger partial charge < -0.3 is 19.2 Å². The lowest BCUT2D eigenvalue weighted by Gasteiger charge is -2.19. The Bertz CT molecular complexity index is 921. The van der Waals surface area contributed by atoms with Gasteiger partial charge in [0, 0.05) is 0 Å². The quantitative estimate of drug-likeness (QED) is 0.646. The molecule has 1 atom stereocenters. The molecule has 1 N–H and O–H groups in total. The first-order valence-electron chi connectivity index (χ1n) is 9.16. The minimum absolute atomic E-state index is 0.0202. The zero-order valence-corrected chi connectivity index (χ0v) is 15.5. The fourth-order valence-electron chi connectivity index (χ4n) is 3.13. The van der Waals surface area contributed by atoms with Crippen molar-refractivity contribution in [3.05, 3.63) is 60.5 Å². The Morgan fingerprint density at radius 2 is 2.00 bits per heavy atom. The summed E-state index contributed by atoms with van der Waals surface area (Å²) in [5.74, 6) is 1.96. The smallest absolute Gasteiger partial charge is 0.258 e. The third kappa shape index (κ3) is 4.14. The zero-order chi connectivity index (χ0) is 19.3. The summed E-state index contributed by atoms with van der Waals surface area (Å²) in [5, 5.41) is 10.7. The average molecular weight is 379 g/mol. The number of hydrogen-bond acceptors (Lipinski definition) is 6. The molecule has 1 aliphatic carbocycles. The normalized spacial score (nSPS) is 14.3. The highest BCUT2D eigenvalue weighted by Gasteiger charge is 2.33. The van der Waals surface area contributed by atoms with E-state index in [9.17, 15) is 4.79 Å². The fraction of sp³-hybridized carbons (Fsp3) is 0.286. The van der Waals surface area contributed by atoms with Crippen LogP contribution in [0.5, 0.6) is 11.5 Å². The lowest BCUT2D eigenvalue weighted by atomic mass is 10.0. The van der Waals surface area contributed by atoms with Crippen LogP contribution in [0.4, 0.5) is 0 Å². The van der Waals surface area contributed by atoms with Crippen LogP contribution in [0.1, 0.15) is 24.4 Å². The molecule has 0 radical (unpaired) electrons. The molecule has 1 fully saturated rings. The second kappa shape index (κ2) is 8.12. The SMILES string of the molecule is COc1ccc(C(NC(=O)COc2ccccc2-c2nnco2)C2CC2)cc1. The lowest BCUT2D eigenvalue weighted by Crippen LogP contribution is -2.33. The van der Waals surface area contributed by atoms with Gasteiger partial charge in [-0.1, -0.05) is 24.3 Å². The van der Waals surface area contributed by atoms with Gasteiger partial charge >= 0.3 is 0 Å². The summed E-state index contributed by atoms with van der Waals surface area (Å²) in [6, 6.07) is 15.0. The molecule has 144 valence electrons. The van der Waals surface area contributed by atoms with Crippen LogP contribution in [0.2, 0.25) is 0 Å². The number of methoxy groups -OCH3 is 1. The fourth-order valence-corrected chi connectivity index (χ4v) is 3.13. The molecule has 4 rings (SSSR count). The van der Waals surface area contributed by atoms with E-state index >= 15 is 0 Å². The Kier molecular flexibility index (Phi) is 5.23. The van der Waals surface area contributed by atoms with Crippen molar-refractivity contribution < 1.29 is 18.7 Å². The number of aromatic nitrogens is 2. The summed E-state index contributed by atoms with van der Waals surface area (Å²) in [7, 11) is 1.64. The number of ether oxygens (including phenoxy) is 2. The van der Waals surface area contributed by atoms with Crippen molar-refractivity contribution in [1.82, 2.24) is 15.5 Å². The van der Waals surface area contributed by atoms with Crippen LogP contribution < -0.4 is 14.8 Å². The Morgan fingerprint density at radius 1 is 1.21 bits per heavy atom. The lowest BCUT2D eigenvalue weighted by molar-refractivity contribution is -0.124. The van der Waals surface area contributed by atoms with Gasteiger partial charge in [-0.25, -0.2) is 0 Å². The molecule has 1 saturated carbocycles. The Labute approximate surface area is 162 Å². The Morgan fingerprint density at radius 3 is 2.68 bits per heavy atom. The molecule has 3 aromatic rings. The van der Waals surface area contributed by atoms with E-state index in [2.05, 4.69) is 15.5 Å². The standard InChI is InChI=1S/C21H21N3O4/c1-26-16-10-8-15(9-11-16)20(14-6-7-14)23-19(25)12-27-18-5-3-2-4-17(18)21-24-22-13-28-21/h2-5,8-11,13-14,20H,6-7,12H2,1H3,(H,23,25). The van der Waals surface area contributed by atoms with Crippen LogP contribution in [-0.4, -0.2) is 29.8 Å². The molecule has 0 aliphatic heterocycles. The van der Waals surface area contributed by atoms with Crippen LogP contribution in [0, 0.1) is 5.92 Å². The minimum Gasteiger partial charge on any atom is -0.497 e. The van der Waals surface area contributed by atoms with E-state index in [0.717, 1.165) is 24.2 Å². The molecular weight excluding hydrogens is 358 g/mol. The van der Waals surface area contributed by atoms with Crippen LogP contribution in [0.15, 0.2) is 59.3 Å². The van der Waals surface area contributed by atoms with Crippen molar-refractivity contribution in [1.29, 1.82) is 0 Å². The van der Waals surface area contributed by atoms with Crippen molar-refractivity contribution in [2.75, 3.05) is 13.7 Å². The predicted molar refractivity (Wildman–Crippen MR) is 102 cm³/mol. The van der Waals surface area contributed by atoms with E-state index in [4.69, 9.17) is 13.9 Å². The summed E-state index contributed by atoms with van der Waals surface area (Å²) in [4.78, 5) is 12.5. The number of nitrogens with one attached hydrogen (secondary N) is 1. The minimum atomic E-state index is -0.173. The molecule has 0 saturated heterocycles. The van der Waals surface area contributed by atoms with Crippen molar-refractivity contribution in [2.24, 2.45) is 5.92 Å². The van der Waals surface area contributed by atoms with Gasteiger partial charge in [0.15, 0.2) is 6.61 Å². The molecular formula is C21H21N3O4. The summed E-state index contributed by atoms with van der Waals surface area (Å²) >= 11 is 0. The third-order valence-electron chi connectivity index (χ3n) is 4.72. The molecule has 1 unspecified atom stereocenters. The van der Waals surface area contributed by atoms with E-state index in [1.807, 2.05) is 42.5 Å². The first-order valence-corrected chi connectivity index (χ1v) is 9.16. The maximum absolute atomic E-state index is 12.5. The van der Waals surface area contributed by atoms with Crippen LogP contribution in [0.3, 0.4) is 0 Å². The van der Waals surface area contributed by atoms with Gasteiger partial charge in [-0.05, 0) is 48.6 Å². The molecule has 2 aromatic carbocycles. The Hall–Kier alpha value is -3.35. The molecule has 0 spiro atoms. The van der Waals surface area contributed by atoms with Crippen LogP contribution >= 0.6 is 0 Å². The molecule has 1 heterocycles. The number of amides is 1. The molecule has 1 aliphatic rings. The first-order chi connectivity index (χ1) is 13.7. The third-order valence-corrected chi connectivity index (χ3v) is 4.72. The maximum Gasteiger partial charge on any atom is 0.258 e. The van der Waals surface area contributed by atoms with E-state index in [0.29, 0.717) is 23.1 Å². The second-order valence-electron chi connectivity index (χ2n) is 6.68. The number of hydrogen-bond donors (Lipinski definition) is 1. The van der Waals surface area contributed by atoms with Gasteiger partial charge in [0.05, 0.1) is 18.7 Å². The highest BCUT2D eigenvalue weighted by atomic mass is 16.5. The van der Waals surface area contributed by atoms with Crippen LogP contribution in [0.25, 0.3) is 11.5 Å². The highest BCUT2D eigenvalue weighted by molar-refractivity contribution is 5.78. The molecule has 1 aromatic heterocycles. The summed E-state index contributed by atoms with van der Waals surface area (Å²) in [6.45, 7) is -0.0927. The highest BCUT2D eigenvalue weighted by Crippen LogP contribution is 2.41. The largest absolute Gasteiger partial charge is 0.497 e. The average Bonchev–Trinajstić information content (AvgIpc) is 3.44. The molecule has 0 bridgehead atoms. The Balaban J connectivity index is 1.41. The first kappa shape index (κ1) is 18.0. The monoisotopic (exact) mass is 379 g/mol. The number of para-hydroxylation sites is 1. The van der Waals surface area contributed by atoms with E-state index in [-0.39, 0.29) is 18.6 Å². The van der Waals surface area contributed by atoms with Gasteiger partial charge in [-0.3, -0.25) is 4.79 Å².